The molecule has 3 N–H and O–H groups in total. The Kier molecular flexibility index (Phi) is 4.90. The van der Waals surface area contributed by atoms with Gasteiger partial charge >= 0.3 is 6.03 Å². The zero-order valence-electron chi connectivity index (χ0n) is 12.3. The zero-order valence-corrected chi connectivity index (χ0v) is 12.3. The molecular weight excluding hydrogens is 264 g/mol. The van der Waals surface area contributed by atoms with Gasteiger partial charge in [0.2, 0.25) is 0 Å². The molecule has 1 heterocycles. The second-order valence-electron chi connectivity index (χ2n) is 5.02. The molecule has 0 aliphatic carbocycles. The maximum atomic E-state index is 12.2. The van der Waals surface area contributed by atoms with Gasteiger partial charge in [0.25, 0.3) is 0 Å². The number of benzene rings is 1. The smallest absolute Gasteiger partial charge is 0.321 e. The first-order chi connectivity index (χ1) is 10.1. The Morgan fingerprint density at radius 2 is 2.14 bits per heavy atom. The van der Waals surface area contributed by atoms with E-state index in [9.17, 15) is 4.79 Å². The fourth-order valence-electron chi connectivity index (χ4n) is 1.93. The summed E-state index contributed by atoms with van der Waals surface area (Å²) in [6, 6.07) is 13.0. The van der Waals surface area contributed by atoms with Crippen molar-refractivity contribution in [3.8, 4) is 0 Å². The Labute approximate surface area is 124 Å². The molecule has 5 heteroatoms. The summed E-state index contributed by atoms with van der Waals surface area (Å²) in [5.41, 5.74) is 8.42. The average Bonchev–Trinajstić information content (AvgIpc) is 2.48. The highest BCUT2D eigenvalue weighted by molar-refractivity contribution is 5.89. The molecule has 0 radical (unpaired) electrons. The van der Waals surface area contributed by atoms with Gasteiger partial charge < -0.3 is 16.0 Å². The molecule has 0 bridgehead atoms. The van der Waals surface area contributed by atoms with Gasteiger partial charge in [-0.3, -0.25) is 4.98 Å². The van der Waals surface area contributed by atoms with Crippen molar-refractivity contribution in [3.63, 3.8) is 0 Å². The summed E-state index contributed by atoms with van der Waals surface area (Å²) in [5, 5.41) is 2.86. The molecule has 1 aromatic heterocycles. The van der Waals surface area contributed by atoms with Crippen LogP contribution in [0.2, 0.25) is 0 Å². The predicted octanol–water partition coefficient (Wildman–Crippen LogP) is 2.77. The van der Waals surface area contributed by atoms with Crippen LogP contribution in [0.4, 0.5) is 10.5 Å². The molecule has 110 valence electrons. The lowest BCUT2D eigenvalue weighted by Gasteiger charge is -2.18. The number of pyridine rings is 1. The van der Waals surface area contributed by atoms with Crippen LogP contribution in [0.15, 0.2) is 48.7 Å². The normalized spacial score (nSPS) is 11.8. The highest BCUT2D eigenvalue weighted by atomic mass is 16.2. The van der Waals surface area contributed by atoms with Gasteiger partial charge in [-0.2, -0.15) is 0 Å². The highest BCUT2D eigenvalue weighted by Crippen LogP contribution is 2.16. The van der Waals surface area contributed by atoms with Crippen LogP contribution in [0, 0.1) is 0 Å². The number of urea groups is 1. The number of anilines is 1. The summed E-state index contributed by atoms with van der Waals surface area (Å²) >= 11 is 0. The lowest BCUT2D eigenvalue weighted by atomic mass is 10.1. The minimum atomic E-state index is -0.178. The molecule has 0 spiro atoms. The standard InChI is InChI=1S/C16H20N4O/c1-12(17)13-6-5-8-14(10-13)19-16(21)20(2)11-15-7-3-4-9-18-15/h3-10,12H,11,17H2,1-2H3,(H,19,21). The van der Waals surface area contributed by atoms with Crippen LogP contribution < -0.4 is 11.1 Å². The van der Waals surface area contributed by atoms with Crippen LogP contribution in [0.5, 0.6) is 0 Å². The van der Waals surface area contributed by atoms with E-state index >= 15 is 0 Å². The quantitative estimate of drug-likeness (QED) is 0.907. The first-order valence-electron chi connectivity index (χ1n) is 6.84. The number of nitrogens with zero attached hydrogens (tertiary/aromatic N) is 2. The van der Waals surface area contributed by atoms with Gasteiger partial charge in [0.15, 0.2) is 0 Å². The van der Waals surface area contributed by atoms with Gasteiger partial charge in [0.05, 0.1) is 12.2 Å². The van der Waals surface area contributed by atoms with Gasteiger partial charge in [-0.1, -0.05) is 18.2 Å². The summed E-state index contributed by atoms with van der Waals surface area (Å²) in [6.45, 7) is 2.37. The maximum absolute atomic E-state index is 12.2. The molecule has 0 aliphatic heterocycles. The summed E-state index contributed by atoms with van der Waals surface area (Å²) in [6.07, 6.45) is 1.72. The minimum Gasteiger partial charge on any atom is -0.324 e. The van der Waals surface area contributed by atoms with Crippen molar-refractivity contribution in [2.45, 2.75) is 19.5 Å². The third-order valence-electron chi connectivity index (χ3n) is 3.14. The molecule has 1 aromatic carbocycles. The molecule has 2 aromatic rings. The number of hydrogen-bond acceptors (Lipinski definition) is 3. The van der Waals surface area contributed by atoms with E-state index in [0.29, 0.717) is 6.54 Å². The molecule has 5 nitrogen and oxygen atoms in total. The Morgan fingerprint density at radius 1 is 1.33 bits per heavy atom. The third kappa shape index (κ3) is 4.29. The van der Waals surface area contributed by atoms with Crippen molar-refractivity contribution in [1.29, 1.82) is 0 Å². The van der Waals surface area contributed by atoms with Gasteiger partial charge in [-0.25, -0.2) is 4.79 Å². The molecule has 0 saturated carbocycles. The Hall–Kier alpha value is -2.40. The van der Waals surface area contributed by atoms with Crippen molar-refractivity contribution in [3.05, 3.63) is 59.9 Å². The average molecular weight is 284 g/mol. The summed E-state index contributed by atoms with van der Waals surface area (Å²) in [4.78, 5) is 17.9. The number of carbonyl (C=O) groups excluding carboxylic acids is 1. The Balaban J connectivity index is 1.99. The molecular formula is C16H20N4O. The second kappa shape index (κ2) is 6.85. The number of aromatic nitrogens is 1. The van der Waals surface area contributed by atoms with E-state index in [0.717, 1.165) is 16.9 Å². The van der Waals surface area contributed by atoms with Crippen molar-refractivity contribution >= 4 is 11.7 Å². The molecule has 1 atom stereocenters. The number of amides is 2. The molecule has 1 unspecified atom stereocenters. The van der Waals surface area contributed by atoms with E-state index in [-0.39, 0.29) is 12.1 Å². The van der Waals surface area contributed by atoms with Gasteiger partial charge in [0, 0.05) is 25.0 Å². The highest BCUT2D eigenvalue weighted by Gasteiger charge is 2.10. The van der Waals surface area contributed by atoms with Crippen LogP contribution in [0.3, 0.4) is 0 Å². The van der Waals surface area contributed by atoms with Crippen LogP contribution in [0.25, 0.3) is 0 Å². The number of nitrogens with one attached hydrogen (secondary N) is 1. The molecule has 0 saturated heterocycles. The predicted molar refractivity (Wildman–Crippen MR) is 83.8 cm³/mol. The second-order valence-corrected chi connectivity index (χ2v) is 5.02. The van der Waals surface area contributed by atoms with E-state index in [1.807, 2.05) is 49.4 Å². The number of rotatable bonds is 4. The van der Waals surface area contributed by atoms with Crippen molar-refractivity contribution in [2.75, 3.05) is 12.4 Å². The van der Waals surface area contributed by atoms with E-state index in [1.54, 1.807) is 18.1 Å². The minimum absolute atomic E-state index is 0.0619. The Morgan fingerprint density at radius 3 is 2.81 bits per heavy atom. The topological polar surface area (TPSA) is 71.2 Å². The fourth-order valence-corrected chi connectivity index (χ4v) is 1.93. The summed E-state index contributed by atoms with van der Waals surface area (Å²) < 4.78 is 0. The van der Waals surface area contributed by atoms with Crippen LogP contribution >= 0.6 is 0 Å². The largest absolute Gasteiger partial charge is 0.324 e. The number of carbonyl (C=O) groups is 1. The van der Waals surface area contributed by atoms with Crippen LogP contribution in [0.1, 0.15) is 24.2 Å². The van der Waals surface area contributed by atoms with Gasteiger partial charge in [-0.15, -0.1) is 0 Å². The number of hydrogen-bond donors (Lipinski definition) is 2. The lowest BCUT2D eigenvalue weighted by molar-refractivity contribution is 0.220. The zero-order chi connectivity index (χ0) is 15.2. The Bertz CT molecular complexity index is 598. The fraction of sp³-hybridized carbons (Fsp3) is 0.250. The molecule has 2 rings (SSSR count). The first-order valence-corrected chi connectivity index (χ1v) is 6.84. The lowest BCUT2D eigenvalue weighted by Crippen LogP contribution is -2.31. The summed E-state index contributed by atoms with van der Waals surface area (Å²) in [7, 11) is 1.74. The van der Waals surface area contributed by atoms with Crippen molar-refractivity contribution in [1.82, 2.24) is 9.88 Å². The summed E-state index contributed by atoms with van der Waals surface area (Å²) in [5.74, 6) is 0. The van der Waals surface area contributed by atoms with E-state index in [2.05, 4.69) is 10.3 Å². The monoisotopic (exact) mass is 284 g/mol. The SMILES string of the molecule is CC(N)c1cccc(NC(=O)N(C)Cc2ccccn2)c1. The van der Waals surface area contributed by atoms with Crippen molar-refractivity contribution < 1.29 is 4.79 Å². The first kappa shape index (κ1) is 15.0. The third-order valence-corrected chi connectivity index (χ3v) is 3.14. The van der Waals surface area contributed by atoms with E-state index < -0.39 is 0 Å². The van der Waals surface area contributed by atoms with Crippen molar-refractivity contribution in [2.24, 2.45) is 5.73 Å². The molecule has 0 fully saturated rings. The van der Waals surface area contributed by atoms with Gasteiger partial charge in [0.1, 0.15) is 0 Å². The maximum Gasteiger partial charge on any atom is 0.321 e. The van der Waals surface area contributed by atoms with E-state index in [4.69, 9.17) is 5.73 Å². The van der Waals surface area contributed by atoms with Gasteiger partial charge in [-0.05, 0) is 36.8 Å². The molecule has 2 amide bonds. The molecule has 0 aliphatic rings. The van der Waals surface area contributed by atoms with Crippen LogP contribution in [-0.2, 0) is 6.54 Å². The van der Waals surface area contributed by atoms with Crippen LogP contribution in [-0.4, -0.2) is 23.0 Å². The molecule has 21 heavy (non-hydrogen) atoms. The number of nitrogens with two attached hydrogens (primary N) is 1. The van der Waals surface area contributed by atoms with E-state index in [1.165, 1.54) is 0 Å².